The fraction of sp³-hybridized carbons (Fsp3) is 0.429. The van der Waals surface area contributed by atoms with Gasteiger partial charge in [0.05, 0.1) is 23.2 Å². The van der Waals surface area contributed by atoms with Gasteiger partial charge in [-0.25, -0.2) is 0 Å². The second-order valence-corrected chi connectivity index (χ2v) is 6.02. The Hall–Kier alpha value is -1.09. The molecule has 1 aromatic carbocycles. The first-order valence-corrected chi connectivity index (χ1v) is 7.63. The van der Waals surface area contributed by atoms with Crippen molar-refractivity contribution in [1.82, 2.24) is 10.2 Å². The molecule has 0 unspecified atom stereocenters. The summed E-state index contributed by atoms with van der Waals surface area (Å²) in [5.41, 5.74) is 0.487. The van der Waals surface area contributed by atoms with Crippen molar-refractivity contribution < 1.29 is 4.79 Å². The molecule has 0 atom stereocenters. The fourth-order valence-electron chi connectivity index (χ4n) is 2.28. The molecule has 1 aliphatic rings. The number of rotatable bonds is 3. The summed E-state index contributed by atoms with van der Waals surface area (Å²) in [6, 6.07) is 7.61. The molecule has 106 valence electrons. The quantitative estimate of drug-likeness (QED) is 0.847. The molecule has 1 heterocycles. The van der Waals surface area contributed by atoms with Crippen molar-refractivity contribution in [3.8, 4) is 6.07 Å². The van der Waals surface area contributed by atoms with Gasteiger partial charge in [-0.1, -0.05) is 17.7 Å². The van der Waals surface area contributed by atoms with Gasteiger partial charge in [-0.05, 0) is 40.9 Å². The van der Waals surface area contributed by atoms with Crippen molar-refractivity contribution in [2.24, 2.45) is 0 Å². The molecule has 1 amide bonds. The van der Waals surface area contributed by atoms with E-state index in [4.69, 9.17) is 16.9 Å². The molecule has 1 saturated heterocycles. The Bertz CT molecular complexity index is 536. The van der Waals surface area contributed by atoms with Gasteiger partial charge < -0.3 is 5.32 Å². The Morgan fingerprint density at radius 2 is 2.20 bits per heavy atom. The molecule has 1 aromatic rings. The molecule has 2 rings (SSSR count). The molecule has 6 heteroatoms. The van der Waals surface area contributed by atoms with Gasteiger partial charge in [0.15, 0.2) is 0 Å². The Labute approximate surface area is 131 Å². The van der Waals surface area contributed by atoms with E-state index in [1.165, 1.54) is 0 Å². The highest BCUT2D eigenvalue weighted by atomic mass is 79.9. The molecule has 1 N–H and O–H groups in total. The average Bonchev–Trinajstić information content (AvgIpc) is 2.44. The van der Waals surface area contributed by atoms with E-state index < -0.39 is 0 Å². The Kier molecular flexibility index (Phi) is 5.41. The molecule has 1 fully saturated rings. The van der Waals surface area contributed by atoms with E-state index in [9.17, 15) is 4.79 Å². The summed E-state index contributed by atoms with van der Waals surface area (Å²) < 4.78 is 0.718. The lowest BCUT2D eigenvalue weighted by Crippen LogP contribution is -2.44. The highest BCUT2D eigenvalue weighted by molar-refractivity contribution is 9.10. The predicted molar refractivity (Wildman–Crippen MR) is 81.7 cm³/mol. The fourth-order valence-corrected chi connectivity index (χ4v) is 2.86. The predicted octanol–water partition coefficient (Wildman–Crippen LogP) is 2.82. The molecule has 0 aromatic heterocycles. The molecule has 0 aliphatic carbocycles. The van der Waals surface area contributed by atoms with Crippen LogP contribution in [0.5, 0.6) is 0 Å². The smallest absolute Gasteiger partial charge is 0.253 e. The van der Waals surface area contributed by atoms with E-state index in [-0.39, 0.29) is 11.9 Å². The van der Waals surface area contributed by atoms with Crippen LogP contribution in [0.2, 0.25) is 5.02 Å². The summed E-state index contributed by atoms with van der Waals surface area (Å²) >= 11 is 9.43. The zero-order chi connectivity index (χ0) is 14.5. The van der Waals surface area contributed by atoms with E-state index in [0.717, 1.165) is 30.4 Å². The summed E-state index contributed by atoms with van der Waals surface area (Å²) in [5.74, 6) is -0.143. The first-order valence-electron chi connectivity index (χ1n) is 6.46. The zero-order valence-electron chi connectivity index (χ0n) is 10.9. The number of carbonyl (C=O) groups is 1. The van der Waals surface area contributed by atoms with Crippen LogP contribution < -0.4 is 5.32 Å². The lowest BCUT2D eigenvalue weighted by molar-refractivity contribution is 0.0914. The largest absolute Gasteiger partial charge is 0.349 e. The van der Waals surface area contributed by atoms with Gasteiger partial charge in [0.1, 0.15) is 0 Å². The molecule has 4 nitrogen and oxygen atoms in total. The van der Waals surface area contributed by atoms with Gasteiger partial charge in [-0.2, -0.15) is 5.26 Å². The van der Waals surface area contributed by atoms with Crippen LogP contribution in [-0.2, 0) is 0 Å². The second kappa shape index (κ2) is 7.07. The van der Waals surface area contributed by atoms with Crippen LogP contribution in [0, 0.1) is 11.3 Å². The van der Waals surface area contributed by atoms with E-state index in [1.54, 1.807) is 18.2 Å². The van der Waals surface area contributed by atoms with Crippen molar-refractivity contribution in [2.45, 2.75) is 18.9 Å². The number of benzene rings is 1. The molecule has 1 aliphatic heterocycles. The second-order valence-electron chi connectivity index (χ2n) is 4.78. The number of piperidine rings is 1. The number of likely N-dealkylation sites (tertiary alicyclic amines) is 1. The number of halogens is 2. The summed E-state index contributed by atoms with van der Waals surface area (Å²) in [6.45, 7) is 2.13. The van der Waals surface area contributed by atoms with Crippen LogP contribution in [0.1, 0.15) is 23.2 Å². The van der Waals surface area contributed by atoms with Crippen molar-refractivity contribution in [2.75, 3.05) is 19.6 Å². The van der Waals surface area contributed by atoms with Crippen LogP contribution >= 0.6 is 27.5 Å². The van der Waals surface area contributed by atoms with E-state index in [1.807, 2.05) is 0 Å². The topological polar surface area (TPSA) is 56.1 Å². The molecule has 20 heavy (non-hydrogen) atoms. The zero-order valence-corrected chi connectivity index (χ0v) is 13.2. The highest BCUT2D eigenvalue weighted by Crippen LogP contribution is 2.26. The Morgan fingerprint density at radius 1 is 1.50 bits per heavy atom. The van der Waals surface area contributed by atoms with Gasteiger partial charge in [-0.15, -0.1) is 0 Å². The third kappa shape index (κ3) is 3.72. The van der Waals surface area contributed by atoms with Gasteiger partial charge in [-0.3, -0.25) is 9.69 Å². The lowest BCUT2D eigenvalue weighted by Gasteiger charge is -2.30. The minimum absolute atomic E-state index is 0.143. The number of nitriles is 1. The average molecular weight is 357 g/mol. The number of amides is 1. The van der Waals surface area contributed by atoms with Gasteiger partial charge in [0, 0.05) is 23.6 Å². The van der Waals surface area contributed by atoms with E-state index in [2.05, 4.69) is 32.2 Å². The minimum Gasteiger partial charge on any atom is -0.349 e. The van der Waals surface area contributed by atoms with E-state index >= 15 is 0 Å². The number of nitrogens with zero attached hydrogens (tertiary/aromatic N) is 2. The summed E-state index contributed by atoms with van der Waals surface area (Å²) in [7, 11) is 0. The normalized spacial score (nSPS) is 16.6. The number of hydrogen-bond acceptors (Lipinski definition) is 3. The van der Waals surface area contributed by atoms with Crippen molar-refractivity contribution in [3.05, 3.63) is 33.3 Å². The molecular weight excluding hydrogens is 342 g/mol. The molecule has 0 radical (unpaired) electrons. The van der Waals surface area contributed by atoms with Crippen LogP contribution in [0.3, 0.4) is 0 Å². The molecule has 0 bridgehead atoms. The Morgan fingerprint density at radius 3 is 2.85 bits per heavy atom. The molecule has 0 saturated carbocycles. The van der Waals surface area contributed by atoms with Crippen molar-refractivity contribution >= 4 is 33.4 Å². The summed E-state index contributed by atoms with van der Waals surface area (Å²) in [5, 5.41) is 12.1. The van der Waals surface area contributed by atoms with Gasteiger partial charge in [0.2, 0.25) is 0 Å². The van der Waals surface area contributed by atoms with Crippen LogP contribution in [0.25, 0.3) is 0 Å². The molecule has 0 spiro atoms. The standard InChI is InChI=1S/C14H15BrClN3O/c15-12-3-1-2-11(13(12)16)14(20)18-10-4-7-19(8-5-10)9-6-17/h1-3,10H,4-5,7-9H2,(H,18,20). The maximum Gasteiger partial charge on any atom is 0.253 e. The van der Waals surface area contributed by atoms with Crippen molar-refractivity contribution in [1.29, 1.82) is 5.26 Å². The maximum absolute atomic E-state index is 12.2. The Balaban J connectivity index is 1.93. The lowest BCUT2D eigenvalue weighted by atomic mass is 10.0. The van der Waals surface area contributed by atoms with Gasteiger partial charge in [0.25, 0.3) is 5.91 Å². The first-order chi connectivity index (χ1) is 9.61. The number of nitrogens with one attached hydrogen (secondary N) is 1. The maximum atomic E-state index is 12.2. The number of carbonyl (C=O) groups excluding carboxylic acids is 1. The summed E-state index contributed by atoms with van der Waals surface area (Å²) in [6.07, 6.45) is 1.72. The monoisotopic (exact) mass is 355 g/mol. The van der Waals surface area contributed by atoms with Gasteiger partial charge >= 0.3 is 0 Å². The van der Waals surface area contributed by atoms with Crippen LogP contribution in [-0.4, -0.2) is 36.5 Å². The van der Waals surface area contributed by atoms with E-state index in [0.29, 0.717) is 17.1 Å². The third-order valence-electron chi connectivity index (χ3n) is 3.41. The molecular formula is C14H15BrClN3O. The summed E-state index contributed by atoms with van der Waals surface area (Å²) in [4.78, 5) is 14.3. The van der Waals surface area contributed by atoms with Crippen LogP contribution in [0.4, 0.5) is 0 Å². The van der Waals surface area contributed by atoms with Crippen LogP contribution in [0.15, 0.2) is 22.7 Å². The number of hydrogen-bond donors (Lipinski definition) is 1. The third-order valence-corrected chi connectivity index (χ3v) is 4.71. The SMILES string of the molecule is N#CCN1CCC(NC(=O)c2cccc(Br)c2Cl)CC1. The first kappa shape index (κ1) is 15.3. The minimum atomic E-state index is -0.143. The van der Waals surface area contributed by atoms with Crippen molar-refractivity contribution in [3.63, 3.8) is 0 Å². The highest BCUT2D eigenvalue weighted by Gasteiger charge is 2.22.